The lowest BCUT2D eigenvalue weighted by molar-refractivity contribution is -0.142. The Morgan fingerprint density at radius 2 is 1.65 bits per heavy atom. The SMILES string of the molecule is C=C(C)C(=O)OCC1(CC)C(=O)Cc2c1c(O)n(CCCCCCCCCCO)c2O. The van der Waals surface area contributed by atoms with E-state index < -0.39 is 11.4 Å². The zero-order valence-corrected chi connectivity index (χ0v) is 18.9. The van der Waals surface area contributed by atoms with Crippen molar-refractivity contribution in [3.05, 3.63) is 23.3 Å². The number of carbonyl (C=O) groups is 2. The van der Waals surface area contributed by atoms with E-state index in [4.69, 9.17) is 9.84 Å². The van der Waals surface area contributed by atoms with Gasteiger partial charge in [-0.15, -0.1) is 0 Å². The Morgan fingerprint density at radius 1 is 1.06 bits per heavy atom. The fraction of sp³-hybridized carbons (Fsp3) is 0.667. The van der Waals surface area contributed by atoms with E-state index >= 15 is 0 Å². The Labute approximate surface area is 184 Å². The molecule has 0 bridgehead atoms. The van der Waals surface area contributed by atoms with Gasteiger partial charge in [0.25, 0.3) is 0 Å². The number of carbonyl (C=O) groups excluding carboxylic acids is 2. The molecule has 0 radical (unpaired) electrons. The Balaban J connectivity index is 2.01. The van der Waals surface area contributed by atoms with Crippen LogP contribution in [-0.4, -0.2) is 44.9 Å². The molecule has 1 atom stereocenters. The number of aliphatic hydroxyl groups excluding tert-OH is 1. The lowest BCUT2D eigenvalue weighted by Crippen LogP contribution is -2.37. The van der Waals surface area contributed by atoms with Gasteiger partial charge in [-0.25, -0.2) is 4.79 Å². The predicted octanol–water partition coefficient (Wildman–Crippen LogP) is 3.90. The molecule has 7 heteroatoms. The average molecular weight is 436 g/mol. The highest BCUT2D eigenvalue weighted by atomic mass is 16.5. The minimum atomic E-state index is -1.14. The van der Waals surface area contributed by atoms with Crippen molar-refractivity contribution in [2.45, 2.75) is 90.0 Å². The average Bonchev–Trinajstić information content (AvgIpc) is 3.16. The molecule has 1 heterocycles. The number of aliphatic hydroxyl groups is 1. The topological polar surface area (TPSA) is 109 Å². The summed E-state index contributed by atoms with van der Waals surface area (Å²) in [5, 5.41) is 30.3. The van der Waals surface area contributed by atoms with Gasteiger partial charge in [0.15, 0.2) is 17.5 Å². The molecule has 7 nitrogen and oxygen atoms in total. The van der Waals surface area contributed by atoms with Gasteiger partial charge in [0.05, 0.1) is 5.41 Å². The van der Waals surface area contributed by atoms with Gasteiger partial charge in [-0.2, -0.15) is 0 Å². The summed E-state index contributed by atoms with van der Waals surface area (Å²) in [5.41, 5.74) is -0.0487. The van der Waals surface area contributed by atoms with E-state index in [9.17, 15) is 19.8 Å². The van der Waals surface area contributed by atoms with Crippen LogP contribution < -0.4 is 0 Å². The van der Waals surface area contributed by atoms with Crippen molar-refractivity contribution in [1.82, 2.24) is 4.57 Å². The first-order valence-electron chi connectivity index (χ1n) is 11.4. The molecule has 0 fully saturated rings. The molecule has 1 aliphatic carbocycles. The molecule has 1 aliphatic rings. The van der Waals surface area contributed by atoms with Gasteiger partial charge >= 0.3 is 5.97 Å². The summed E-state index contributed by atoms with van der Waals surface area (Å²) >= 11 is 0. The lowest BCUT2D eigenvalue weighted by Gasteiger charge is -2.26. The molecule has 0 saturated heterocycles. The summed E-state index contributed by atoms with van der Waals surface area (Å²) in [4.78, 5) is 24.7. The molecule has 2 rings (SSSR count). The summed E-state index contributed by atoms with van der Waals surface area (Å²) < 4.78 is 6.77. The largest absolute Gasteiger partial charge is 0.494 e. The van der Waals surface area contributed by atoms with Crippen molar-refractivity contribution < 1.29 is 29.6 Å². The second-order valence-corrected chi connectivity index (χ2v) is 8.60. The van der Waals surface area contributed by atoms with E-state index in [-0.39, 0.29) is 42.8 Å². The van der Waals surface area contributed by atoms with Crippen LogP contribution in [0.2, 0.25) is 0 Å². The predicted molar refractivity (Wildman–Crippen MR) is 118 cm³/mol. The molecule has 0 saturated carbocycles. The van der Waals surface area contributed by atoms with Gasteiger partial charge in [-0.1, -0.05) is 52.0 Å². The van der Waals surface area contributed by atoms with E-state index in [1.54, 1.807) is 0 Å². The Hall–Kier alpha value is -2.28. The summed E-state index contributed by atoms with van der Waals surface area (Å²) in [5.74, 6) is -0.899. The number of ketones is 1. The highest BCUT2D eigenvalue weighted by Gasteiger charge is 2.51. The quantitative estimate of drug-likeness (QED) is 0.232. The van der Waals surface area contributed by atoms with Crippen LogP contribution >= 0.6 is 0 Å². The summed E-state index contributed by atoms with van der Waals surface area (Å²) in [6.45, 7) is 7.47. The Kier molecular flexibility index (Phi) is 9.16. The minimum Gasteiger partial charge on any atom is -0.494 e. The fourth-order valence-electron chi connectivity index (χ4n) is 4.38. The van der Waals surface area contributed by atoms with E-state index in [2.05, 4.69) is 6.58 Å². The lowest BCUT2D eigenvalue weighted by atomic mass is 9.80. The first kappa shape index (κ1) is 25.0. The Bertz CT molecular complexity index is 796. The normalized spacial score (nSPS) is 17.7. The molecule has 0 amide bonds. The van der Waals surface area contributed by atoms with Gasteiger partial charge in [0.1, 0.15) is 6.61 Å². The second-order valence-electron chi connectivity index (χ2n) is 8.60. The molecular formula is C24H37NO6. The van der Waals surface area contributed by atoms with Crippen LogP contribution in [0.1, 0.15) is 82.8 Å². The van der Waals surface area contributed by atoms with Crippen LogP contribution in [0.3, 0.4) is 0 Å². The van der Waals surface area contributed by atoms with Crippen LogP contribution in [0.25, 0.3) is 0 Å². The van der Waals surface area contributed by atoms with E-state index in [0.717, 1.165) is 51.4 Å². The van der Waals surface area contributed by atoms with E-state index in [1.807, 2.05) is 6.92 Å². The molecule has 31 heavy (non-hydrogen) atoms. The number of ether oxygens (including phenoxy) is 1. The monoisotopic (exact) mass is 435 g/mol. The third kappa shape index (κ3) is 5.50. The molecule has 1 aromatic rings. The highest BCUT2D eigenvalue weighted by Crippen LogP contribution is 2.49. The van der Waals surface area contributed by atoms with E-state index in [1.165, 1.54) is 11.5 Å². The first-order chi connectivity index (χ1) is 14.8. The number of aromatic hydroxyl groups is 2. The highest BCUT2D eigenvalue weighted by molar-refractivity contribution is 5.99. The number of fused-ring (bicyclic) bond motifs is 1. The van der Waals surface area contributed by atoms with Crippen LogP contribution in [0.5, 0.6) is 11.8 Å². The number of hydrogen-bond acceptors (Lipinski definition) is 6. The third-order valence-corrected chi connectivity index (χ3v) is 6.35. The molecule has 1 unspecified atom stereocenters. The van der Waals surface area contributed by atoms with Gasteiger partial charge in [-0.3, -0.25) is 9.36 Å². The number of aromatic nitrogens is 1. The molecule has 174 valence electrons. The van der Waals surface area contributed by atoms with Gasteiger partial charge < -0.3 is 20.1 Å². The van der Waals surface area contributed by atoms with Crippen LogP contribution in [0.15, 0.2) is 12.2 Å². The number of unbranched alkanes of at least 4 members (excludes halogenated alkanes) is 7. The number of esters is 1. The maximum atomic E-state index is 12.8. The molecule has 0 aliphatic heterocycles. The zero-order chi connectivity index (χ0) is 23.0. The molecule has 1 aromatic heterocycles. The van der Waals surface area contributed by atoms with Crippen molar-refractivity contribution in [2.75, 3.05) is 13.2 Å². The number of hydrogen-bond donors (Lipinski definition) is 3. The molecular weight excluding hydrogens is 398 g/mol. The Morgan fingerprint density at radius 3 is 2.19 bits per heavy atom. The second kappa shape index (κ2) is 11.4. The number of Topliss-reactive ketones (excluding diaryl/α,β-unsaturated/α-hetero) is 1. The zero-order valence-electron chi connectivity index (χ0n) is 18.9. The summed E-state index contributed by atoms with van der Waals surface area (Å²) in [6, 6.07) is 0. The van der Waals surface area contributed by atoms with Gasteiger partial charge in [0, 0.05) is 36.3 Å². The van der Waals surface area contributed by atoms with E-state index in [0.29, 0.717) is 24.1 Å². The summed E-state index contributed by atoms with van der Waals surface area (Å²) in [7, 11) is 0. The van der Waals surface area contributed by atoms with Crippen molar-refractivity contribution >= 4 is 11.8 Å². The third-order valence-electron chi connectivity index (χ3n) is 6.35. The number of rotatable bonds is 14. The minimum absolute atomic E-state index is 0.0219. The van der Waals surface area contributed by atoms with Crippen LogP contribution in [-0.2, 0) is 32.7 Å². The maximum absolute atomic E-state index is 12.8. The van der Waals surface area contributed by atoms with Crippen molar-refractivity contribution in [3.63, 3.8) is 0 Å². The first-order valence-corrected chi connectivity index (χ1v) is 11.4. The van der Waals surface area contributed by atoms with Crippen molar-refractivity contribution in [3.8, 4) is 11.8 Å². The molecule has 0 spiro atoms. The number of nitrogens with zero attached hydrogens (tertiary/aromatic N) is 1. The fourth-order valence-corrected chi connectivity index (χ4v) is 4.38. The standard InChI is InChI=1S/C24H37NO6/c1-4-24(16-31-23(30)17(2)3)19(27)15-18-20(24)22(29)25(21(18)28)13-11-9-7-5-6-8-10-12-14-26/h26,28-29H,2,4-16H2,1,3H3. The smallest absolute Gasteiger partial charge is 0.333 e. The van der Waals surface area contributed by atoms with Gasteiger partial charge in [0.2, 0.25) is 0 Å². The summed E-state index contributed by atoms with van der Waals surface area (Å²) in [6.07, 6.45) is 8.59. The van der Waals surface area contributed by atoms with Gasteiger partial charge in [-0.05, 0) is 26.2 Å². The maximum Gasteiger partial charge on any atom is 0.333 e. The molecule has 0 aromatic carbocycles. The van der Waals surface area contributed by atoms with Crippen molar-refractivity contribution in [1.29, 1.82) is 0 Å². The molecule has 3 N–H and O–H groups in total. The van der Waals surface area contributed by atoms with Crippen molar-refractivity contribution in [2.24, 2.45) is 0 Å². The van der Waals surface area contributed by atoms with Crippen LogP contribution in [0, 0.1) is 0 Å². The van der Waals surface area contributed by atoms with Crippen LogP contribution in [0.4, 0.5) is 0 Å².